The number of benzene rings is 1. The summed E-state index contributed by atoms with van der Waals surface area (Å²) in [6, 6.07) is 6.88. The lowest BCUT2D eigenvalue weighted by Crippen LogP contribution is -2.13. The van der Waals surface area contributed by atoms with Crippen LogP contribution in [0.2, 0.25) is 5.02 Å². The van der Waals surface area contributed by atoms with Crippen LogP contribution in [0.1, 0.15) is 0 Å². The largest absolute Gasteiger partial charge is 0.382 e. The summed E-state index contributed by atoms with van der Waals surface area (Å²) in [7, 11) is -0.0752. The third-order valence-corrected chi connectivity index (χ3v) is 4.07. The minimum Gasteiger partial charge on any atom is -0.382 e. The normalized spacial score (nSPS) is 11.6. The molecule has 108 valence electrons. The van der Waals surface area contributed by atoms with E-state index in [9.17, 15) is 8.42 Å². The van der Waals surface area contributed by atoms with Crippen LogP contribution in [0, 0.1) is 0 Å². The Labute approximate surface area is 122 Å². The van der Waals surface area contributed by atoms with Crippen LogP contribution in [0.4, 0.5) is 11.6 Å². The van der Waals surface area contributed by atoms with Crippen molar-refractivity contribution >= 4 is 33.1 Å². The molecule has 0 spiro atoms. The second-order valence-electron chi connectivity index (χ2n) is 4.60. The first-order valence-electron chi connectivity index (χ1n) is 5.73. The zero-order chi connectivity index (χ0) is 15.1. The van der Waals surface area contributed by atoms with Gasteiger partial charge in [-0.3, -0.25) is 0 Å². The Morgan fingerprint density at radius 3 is 2.45 bits per heavy atom. The minimum atomic E-state index is -3.49. The minimum absolute atomic E-state index is 0.0162. The average molecular weight is 315 g/mol. The fourth-order valence-corrected chi connectivity index (χ4v) is 3.06. The maximum atomic E-state index is 11.9. The molecule has 2 rings (SSSR count). The summed E-state index contributed by atoms with van der Waals surface area (Å²) < 4.78 is 25.2. The van der Waals surface area contributed by atoms with Gasteiger partial charge in [0.15, 0.2) is 20.6 Å². The van der Waals surface area contributed by atoms with Crippen molar-refractivity contribution in [3.8, 4) is 5.69 Å². The van der Waals surface area contributed by atoms with Gasteiger partial charge in [0.25, 0.3) is 0 Å². The van der Waals surface area contributed by atoms with Crippen molar-refractivity contribution in [2.45, 2.75) is 4.90 Å². The smallest absolute Gasteiger partial charge is 0.182 e. The van der Waals surface area contributed by atoms with Crippen LogP contribution in [-0.4, -0.2) is 38.5 Å². The molecular formula is C12H15ClN4O2S. The summed E-state index contributed by atoms with van der Waals surface area (Å²) >= 11 is 5.94. The molecule has 2 N–H and O–H groups in total. The third kappa shape index (κ3) is 2.59. The fourth-order valence-electron chi connectivity index (χ4n) is 1.86. The topological polar surface area (TPSA) is 81.2 Å². The van der Waals surface area contributed by atoms with E-state index in [2.05, 4.69) is 5.10 Å². The molecule has 20 heavy (non-hydrogen) atoms. The summed E-state index contributed by atoms with van der Waals surface area (Å²) in [5.74, 6) is 0.364. The highest BCUT2D eigenvalue weighted by Crippen LogP contribution is 2.31. The average Bonchev–Trinajstić information content (AvgIpc) is 2.66. The van der Waals surface area contributed by atoms with E-state index in [1.165, 1.54) is 4.68 Å². The summed E-state index contributed by atoms with van der Waals surface area (Å²) in [5.41, 5.74) is 6.57. The first-order valence-corrected chi connectivity index (χ1v) is 8.00. The number of anilines is 2. The molecule has 0 saturated carbocycles. The van der Waals surface area contributed by atoms with Gasteiger partial charge in [0.05, 0.1) is 5.69 Å². The monoisotopic (exact) mass is 314 g/mol. The van der Waals surface area contributed by atoms with Gasteiger partial charge in [-0.2, -0.15) is 0 Å². The molecule has 0 aliphatic heterocycles. The van der Waals surface area contributed by atoms with E-state index in [1.54, 1.807) is 43.3 Å². The van der Waals surface area contributed by atoms with Crippen molar-refractivity contribution in [3.63, 3.8) is 0 Å². The van der Waals surface area contributed by atoms with Gasteiger partial charge in [0, 0.05) is 25.4 Å². The highest BCUT2D eigenvalue weighted by Gasteiger charge is 2.25. The third-order valence-electron chi connectivity index (χ3n) is 2.71. The number of nitrogen functional groups attached to an aromatic ring is 1. The number of halogens is 1. The highest BCUT2D eigenvalue weighted by atomic mass is 35.5. The number of hydrogen-bond acceptors (Lipinski definition) is 5. The number of nitrogens with zero attached hydrogens (tertiary/aromatic N) is 3. The Balaban J connectivity index is 2.75. The molecule has 6 nitrogen and oxygen atoms in total. The molecule has 0 fully saturated rings. The van der Waals surface area contributed by atoms with Crippen LogP contribution in [0.3, 0.4) is 0 Å². The first kappa shape index (κ1) is 14.7. The molecule has 0 radical (unpaired) electrons. The lowest BCUT2D eigenvalue weighted by molar-refractivity contribution is 0.602. The van der Waals surface area contributed by atoms with Gasteiger partial charge in [-0.05, 0) is 18.2 Å². The van der Waals surface area contributed by atoms with E-state index in [0.717, 1.165) is 6.26 Å². The van der Waals surface area contributed by atoms with Crippen LogP contribution in [0.15, 0.2) is 29.2 Å². The van der Waals surface area contributed by atoms with Crippen molar-refractivity contribution in [3.05, 3.63) is 29.3 Å². The molecule has 1 aromatic heterocycles. The molecule has 0 aliphatic carbocycles. The van der Waals surface area contributed by atoms with Gasteiger partial charge < -0.3 is 10.6 Å². The van der Waals surface area contributed by atoms with Crippen molar-refractivity contribution in [2.24, 2.45) is 0 Å². The van der Waals surface area contributed by atoms with E-state index < -0.39 is 9.84 Å². The molecule has 2 aromatic rings. The first-order chi connectivity index (χ1) is 9.21. The van der Waals surface area contributed by atoms with Gasteiger partial charge in [-0.1, -0.05) is 17.7 Å². The Morgan fingerprint density at radius 1 is 1.35 bits per heavy atom. The molecule has 0 saturated heterocycles. The predicted octanol–water partition coefficient (Wildman–Crippen LogP) is 1.58. The zero-order valence-corrected chi connectivity index (χ0v) is 12.9. The van der Waals surface area contributed by atoms with E-state index in [0.29, 0.717) is 16.5 Å². The van der Waals surface area contributed by atoms with Crippen molar-refractivity contribution in [1.82, 2.24) is 9.78 Å². The maximum absolute atomic E-state index is 11.9. The van der Waals surface area contributed by atoms with Gasteiger partial charge in [-0.15, -0.1) is 5.10 Å². The number of nitrogens with two attached hydrogens (primary N) is 1. The second-order valence-corrected chi connectivity index (χ2v) is 6.99. The van der Waals surface area contributed by atoms with Crippen LogP contribution in [0.25, 0.3) is 5.69 Å². The SMILES string of the molecule is CN(C)c1nn(-c2cccc(Cl)c2)c(N)c1S(C)(=O)=O. The van der Waals surface area contributed by atoms with Crippen LogP contribution >= 0.6 is 11.6 Å². The quantitative estimate of drug-likeness (QED) is 0.930. The molecule has 1 aromatic carbocycles. The van der Waals surface area contributed by atoms with Gasteiger partial charge >= 0.3 is 0 Å². The van der Waals surface area contributed by atoms with Crippen LogP contribution in [-0.2, 0) is 9.84 Å². The predicted molar refractivity (Wildman–Crippen MR) is 80.4 cm³/mol. The summed E-state index contributed by atoms with van der Waals surface area (Å²) in [5, 5.41) is 4.79. The van der Waals surface area contributed by atoms with Gasteiger partial charge in [0.1, 0.15) is 5.82 Å². The molecule has 0 amide bonds. The lowest BCUT2D eigenvalue weighted by atomic mass is 10.3. The van der Waals surface area contributed by atoms with Crippen molar-refractivity contribution in [2.75, 3.05) is 31.0 Å². The fraction of sp³-hybridized carbons (Fsp3) is 0.250. The number of sulfone groups is 1. The van der Waals surface area contributed by atoms with Crippen molar-refractivity contribution < 1.29 is 8.42 Å². The molecular weight excluding hydrogens is 300 g/mol. The van der Waals surface area contributed by atoms with Gasteiger partial charge in [0.2, 0.25) is 0 Å². The molecule has 1 heterocycles. The van der Waals surface area contributed by atoms with Gasteiger partial charge in [-0.25, -0.2) is 13.1 Å². The standard InChI is InChI=1S/C12H15ClN4O2S/c1-16(2)12-10(20(3,18)19)11(14)17(15-12)9-6-4-5-8(13)7-9/h4-7H,14H2,1-3H3. The zero-order valence-electron chi connectivity index (χ0n) is 11.3. The molecule has 0 bridgehead atoms. The second kappa shape index (κ2) is 4.99. The number of rotatable bonds is 3. The van der Waals surface area contributed by atoms with E-state index in [-0.39, 0.29) is 10.7 Å². The number of hydrogen-bond donors (Lipinski definition) is 1. The summed E-state index contributed by atoms with van der Waals surface area (Å²) in [4.78, 5) is 1.62. The maximum Gasteiger partial charge on any atom is 0.182 e. The van der Waals surface area contributed by atoms with E-state index in [1.807, 2.05) is 0 Å². The molecule has 0 aliphatic rings. The summed E-state index contributed by atoms with van der Waals surface area (Å²) in [6.45, 7) is 0. The van der Waals surface area contributed by atoms with Crippen LogP contribution in [0.5, 0.6) is 0 Å². The van der Waals surface area contributed by atoms with Crippen molar-refractivity contribution in [1.29, 1.82) is 0 Å². The Hall–Kier alpha value is -1.73. The Morgan fingerprint density at radius 2 is 2.00 bits per heavy atom. The lowest BCUT2D eigenvalue weighted by Gasteiger charge is -2.09. The van der Waals surface area contributed by atoms with Crippen LogP contribution < -0.4 is 10.6 Å². The molecule has 0 atom stereocenters. The van der Waals surface area contributed by atoms with E-state index >= 15 is 0 Å². The highest BCUT2D eigenvalue weighted by molar-refractivity contribution is 7.91. The molecule has 8 heteroatoms. The Kier molecular flexibility index (Phi) is 3.66. The van der Waals surface area contributed by atoms with E-state index in [4.69, 9.17) is 17.3 Å². The summed E-state index contributed by atoms with van der Waals surface area (Å²) in [6.07, 6.45) is 1.11. The Bertz CT molecular complexity index is 753. The molecule has 0 unspecified atom stereocenters. The number of aromatic nitrogens is 2.